The summed E-state index contributed by atoms with van der Waals surface area (Å²) in [7, 11) is 0. The first-order chi connectivity index (χ1) is 10.1. The molecule has 5 nitrogen and oxygen atoms in total. The summed E-state index contributed by atoms with van der Waals surface area (Å²) in [6.45, 7) is 1.86. The SMILES string of the molecule is Cl.O=C1CC[C@H](C(=O)N2CCNCC2c2cccc(F)c2)N1. The Labute approximate surface area is 134 Å². The minimum Gasteiger partial charge on any atom is -0.344 e. The summed E-state index contributed by atoms with van der Waals surface area (Å²) in [5, 5.41) is 5.94. The molecule has 2 aliphatic heterocycles. The first kappa shape index (κ1) is 16.7. The summed E-state index contributed by atoms with van der Waals surface area (Å²) < 4.78 is 13.4. The van der Waals surface area contributed by atoms with Crippen molar-refractivity contribution in [2.75, 3.05) is 19.6 Å². The van der Waals surface area contributed by atoms with Crippen LogP contribution in [0.15, 0.2) is 24.3 Å². The van der Waals surface area contributed by atoms with E-state index in [1.165, 1.54) is 12.1 Å². The summed E-state index contributed by atoms with van der Waals surface area (Å²) in [6.07, 6.45) is 0.935. The minimum atomic E-state index is -0.438. The number of benzene rings is 1. The molecule has 2 heterocycles. The Hall–Kier alpha value is -1.66. The van der Waals surface area contributed by atoms with Crippen molar-refractivity contribution in [3.8, 4) is 0 Å². The van der Waals surface area contributed by atoms with E-state index < -0.39 is 6.04 Å². The molecular weight excluding hydrogens is 309 g/mol. The monoisotopic (exact) mass is 327 g/mol. The highest BCUT2D eigenvalue weighted by atomic mass is 35.5. The molecule has 0 saturated carbocycles. The van der Waals surface area contributed by atoms with E-state index in [1.807, 2.05) is 6.07 Å². The van der Waals surface area contributed by atoms with Crippen LogP contribution in [0.25, 0.3) is 0 Å². The average molecular weight is 328 g/mol. The first-order valence-electron chi connectivity index (χ1n) is 7.21. The molecule has 1 unspecified atom stereocenters. The van der Waals surface area contributed by atoms with Gasteiger partial charge < -0.3 is 15.5 Å². The van der Waals surface area contributed by atoms with E-state index in [-0.39, 0.29) is 36.1 Å². The molecule has 0 radical (unpaired) electrons. The molecule has 0 spiro atoms. The van der Waals surface area contributed by atoms with Crippen LogP contribution in [0.1, 0.15) is 24.4 Å². The van der Waals surface area contributed by atoms with E-state index in [0.717, 1.165) is 5.56 Å². The fourth-order valence-electron chi connectivity index (χ4n) is 2.98. The van der Waals surface area contributed by atoms with Crippen molar-refractivity contribution in [2.24, 2.45) is 0 Å². The third-order valence-corrected chi connectivity index (χ3v) is 4.05. The predicted octanol–water partition coefficient (Wildman–Crippen LogP) is 0.999. The number of rotatable bonds is 2. The van der Waals surface area contributed by atoms with E-state index in [4.69, 9.17) is 0 Å². The topological polar surface area (TPSA) is 61.4 Å². The molecule has 0 bridgehead atoms. The van der Waals surface area contributed by atoms with Gasteiger partial charge >= 0.3 is 0 Å². The number of nitrogens with one attached hydrogen (secondary N) is 2. The van der Waals surface area contributed by atoms with Gasteiger partial charge in [-0.1, -0.05) is 12.1 Å². The van der Waals surface area contributed by atoms with Crippen LogP contribution in [0.3, 0.4) is 0 Å². The molecule has 1 aromatic rings. The van der Waals surface area contributed by atoms with Gasteiger partial charge in [0.25, 0.3) is 0 Å². The number of amides is 2. The van der Waals surface area contributed by atoms with Crippen molar-refractivity contribution in [1.82, 2.24) is 15.5 Å². The maximum absolute atomic E-state index is 13.4. The van der Waals surface area contributed by atoms with E-state index in [2.05, 4.69) is 10.6 Å². The molecule has 2 atom stereocenters. The summed E-state index contributed by atoms with van der Waals surface area (Å²) in [5.41, 5.74) is 0.778. The first-order valence-corrected chi connectivity index (χ1v) is 7.21. The number of nitrogens with zero attached hydrogens (tertiary/aromatic N) is 1. The Kier molecular flexibility index (Phi) is 5.37. The lowest BCUT2D eigenvalue weighted by Gasteiger charge is -2.38. The second kappa shape index (κ2) is 7.07. The number of piperazine rings is 1. The van der Waals surface area contributed by atoms with Gasteiger partial charge in [0.15, 0.2) is 0 Å². The van der Waals surface area contributed by atoms with Crippen LogP contribution in [0, 0.1) is 5.82 Å². The van der Waals surface area contributed by atoms with Crippen LogP contribution in [-0.4, -0.2) is 42.4 Å². The largest absolute Gasteiger partial charge is 0.344 e. The summed E-state index contributed by atoms with van der Waals surface area (Å²) in [5.74, 6) is -0.456. The molecule has 3 rings (SSSR count). The molecule has 1 aromatic carbocycles. The summed E-state index contributed by atoms with van der Waals surface area (Å²) >= 11 is 0. The maximum atomic E-state index is 13.4. The summed E-state index contributed by atoms with van der Waals surface area (Å²) in [6, 6.07) is 5.70. The van der Waals surface area contributed by atoms with Crippen molar-refractivity contribution >= 4 is 24.2 Å². The standard InChI is InChI=1S/C15H18FN3O2.ClH/c16-11-3-1-2-10(8-11)13-9-17-6-7-19(13)15(21)12-4-5-14(20)18-12;/h1-3,8,12-13,17H,4-7,9H2,(H,18,20);1H/t12-,13?;/m1./s1. The van der Waals surface area contributed by atoms with Gasteiger partial charge in [-0.2, -0.15) is 0 Å². The summed E-state index contributed by atoms with van der Waals surface area (Å²) in [4.78, 5) is 25.6. The highest BCUT2D eigenvalue weighted by Crippen LogP contribution is 2.25. The van der Waals surface area contributed by atoms with E-state index >= 15 is 0 Å². The van der Waals surface area contributed by atoms with Crippen LogP contribution in [0.4, 0.5) is 4.39 Å². The zero-order valence-corrected chi connectivity index (χ0v) is 12.9. The van der Waals surface area contributed by atoms with Crippen LogP contribution in [-0.2, 0) is 9.59 Å². The lowest BCUT2D eigenvalue weighted by molar-refractivity contribution is -0.137. The zero-order chi connectivity index (χ0) is 14.8. The Morgan fingerprint density at radius 3 is 2.86 bits per heavy atom. The van der Waals surface area contributed by atoms with Crippen LogP contribution < -0.4 is 10.6 Å². The van der Waals surface area contributed by atoms with E-state index in [1.54, 1.807) is 11.0 Å². The predicted molar refractivity (Wildman–Crippen MR) is 82.1 cm³/mol. The molecule has 7 heteroatoms. The second-order valence-corrected chi connectivity index (χ2v) is 5.47. The van der Waals surface area contributed by atoms with Crippen LogP contribution in [0.5, 0.6) is 0 Å². The molecule has 0 aliphatic carbocycles. The van der Waals surface area contributed by atoms with E-state index in [9.17, 15) is 14.0 Å². The third-order valence-electron chi connectivity index (χ3n) is 4.05. The second-order valence-electron chi connectivity index (χ2n) is 5.47. The Balaban J connectivity index is 0.00000176. The fraction of sp³-hybridized carbons (Fsp3) is 0.467. The smallest absolute Gasteiger partial charge is 0.245 e. The molecular formula is C15H19ClFN3O2. The normalized spacial score (nSPS) is 24.6. The van der Waals surface area contributed by atoms with Crippen LogP contribution >= 0.6 is 12.4 Å². The van der Waals surface area contributed by atoms with Gasteiger partial charge in [0.05, 0.1) is 6.04 Å². The van der Waals surface area contributed by atoms with Crippen molar-refractivity contribution in [3.63, 3.8) is 0 Å². The lowest BCUT2D eigenvalue weighted by atomic mass is 10.0. The quantitative estimate of drug-likeness (QED) is 0.852. The minimum absolute atomic E-state index is 0. The molecule has 2 amide bonds. The zero-order valence-electron chi connectivity index (χ0n) is 12.0. The lowest BCUT2D eigenvalue weighted by Crippen LogP contribution is -2.53. The van der Waals surface area contributed by atoms with Crippen molar-refractivity contribution < 1.29 is 14.0 Å². The van der Waals surface area contributed by atoms with Crippen LogP contribution in [0.2, 0.25) is 0 Å². The molecule has 2 saturated heterocycles. The Morgan fingerprint density at radius 2 is 2.18 bits per heavy atom. The molecule has 120 valence electrons. The molecule has 2 N–H and O–H groups in total. The van der Waals surface area contributed by atoms with Gasteiger partial charge in [-0.05, 0) is 24.1 Å². The van der Waals surface area contributed by atoms with Crippen molar-refractivity contribution in [1.29, 1.82) is 0 Å². The maximum Gasteiger partial charge on any atom is 0.245 e. The van der Waals surface area contributed by atoms with Gasteiger partial charge in [-0.15, -0.1) is 12.4 Å². The van der Waals surface area contributed by atoms with Gasteiger partial charge in [0, 0.05) is 26.1 Å². The highest BCUT2D eigenvalue weighted by molar-refractivity contribution is 5.91. The van der Waals surface area contributed by atoms with E-state index in [0.29, 0.717) is 32.5 Å². The molecule has 2 fully saturated rings. The fourth-order valence-corrected chi connectivity index (χ4v) is 2.98. The molecule has 0 aromatic heterocycles. The Bertz CT molecular complexity index is 569. The highest BCUT2D eigenvalue weighted by Gasteiger charge is 2.35. The van der Waals surface area contributed by atoms with Crippen molar-refractivity contribution in [2.45, 2.75) is 24.9 Å². The third kappa shape index (κ3) is 3.39. The van der Waals surface area contributed by atoms with Gasteiger partial charge in [0.2, 0.25) is 11.8 Å². The van der Waals surface area contributed by atoms with Crippen molar-refractivity contribution in [3.05, 3.63) is 35.6 Å². The average Bonchev–Trinajstić information content (AvgIpc) is 2.93. The van der Waals surface area contributed by atoms with Gasteiger partial charge in [-0.25, -0.2) is 4.39 Å². The van der Waals surface area contributed by atoms with Gasteiger partial charge in [0.1, 0.15) is 11.9 Å². The number of carbonyl (C=O) groups is 2. The number of halogens is 2. The Morgan fingerprint density at radius 1 is 1.36 bits per heavy atom. The number of hydrogen-bond donors (Lipinski definition) is 2. The number of carbonyl (C=O) groups excluding carboxylic acids is 2. The number of hydrogen-bond acceptors (Lipinski definition) is 3. The molecule has 2 aliphatic rings. The molecule has 22 heavy (non-hydrogen) atoms. The van der Waals surface area contributed by atoms with Gasteiger partial charge in [-0.3, -0.25) is 9.59 Å².